The molecule has 3 heterocycles. The Morgan fingerprint density at radius 1 is 1.13 bits per heavy atom. The van der Waals surface area contributed by atoms with E-state index in [-0.39, 0.29) is 29.6 Å². The predicted octanol–water partition coefficient (Wildman–Crippen LogP) is 3.41. The molecule has 1 aliphatic heterocycles. The lowest BCUT2D eigenvalue weighted by atomic mass is 9.86. The van der Waals surface area contributed by atoms with E-state index in [1.807, 2.05) is 13.0 Å². The Kier molecular flexibility index (Phi) is 5.15. The third kappa shape index (κ3) is 3.84. The van der Waals surface area contributed by atoms with E-state index in [0.29, 0.717) is 42.7 Å². The SMILES string of the molecule is Cc1c(CC(=O)N2CCC(C(N)=O)CC2)c(=O)oc2cc3occ(C(C)(C)C)c3cc12. The lowest BCUT2D eigenvalue weighted by Crippen LogP contribution is -2.42. The molecule has 0 unspecified atom stereocenters. The molecule has 1 aliphatic rings. The lowest BCUT2D eigenvalue weighted by Gasteiger charge is -2.30. The van der Waals surface area contributed by atoms with Gasteiger partial charge in [-0.05, 0) is 36.8 Å². The predicted molar refractivity (Wildman–Crippen MR) is 118 cm³/mol. The summed E-state index contributed by atoms with van der Waals surface area (Å²) in [5.74, 6) is -0.651. The van der Waals surface area contributed by atoms with Crippen molar-refractivity contribution in [1.82, 2.24) is 4.90 Å². The summed E-state index contributed by atoms with van der Waals surface area (Å²) >= 11 is 0. The Morgan fingerprint density at radius 2 is 1.81 bits per heavy atom. The standard InChI is InChI=1S/C24H28N2O5/c1-13-15-9-17-18(24(2,3)4)12-30-19(17)11-20(15)31-23(29)16(13)10-21(27)26-7-5-14(6-8-26)22(25)28/h9,11-12,14H,5-8,10H2,1-4H3,(H2,25,28). The summed E-state index contributed by atoms with van der Waals surface area (Å²) in [6.07, 6.45) is 2.83. The molecule has 0 spiro atoms. The van der Waals surface area contributed by atoms with Gasteiger partial charge >= 0.3 is 5.63 Å². The van der Waals surface area contributed by atoms with Crippen LogP contribution in [-0.2, 0) is 21.4 Å². The van der Waals surface area contributed by atoms with Crippen molar-refractivity contribution in [1.29, 1.82) is 0 Å². The normalized spacial score (nSPS) is 15.7. The van der Waals surface area contributed by atoms with Gasteiger partial charge in [0.15, 0.2) is 0 Å². The van der Waals surface area contributed by atoms with Gasteiger partial charge in [-0.15, -0.1) is 0 Å². The highest BCUT2D eigenvalue weighted by Gasteiger charge is 2.27. The fraction of sp³-hybridized carbons (Fsp3) is 0.458. The van der Waals surface area contributed by atoms with Gasteiger partial charge in [-0.3, -0.25) is 9.59 Å². The second kappa shape index (κ2) is 7.55. The van der Waals surface area contributed by atoms with Crippen LogP contribution in [0.2, 0.25) is 0 Å². The number of amides is 2. The largest absolute Gasteiger partial charge is 0.464 e. The number of furan rings is 1. The lowest BCUT2D eigenvalue weighted by molar-refractivity contribution is -0.134. The molecule has 2 aromatic heterocycles. The monoisotopic (exact) mass is 424 g/mol. The number of carbonyl (C=O) groups excluding carboxylic acids is 2. The molecule has 164 valence electrons. The third-order valence-electron chi connectivity index (χ3n) is 6.37. The molecule has 3 aromatic rings. The van der Waals surface area contributed by atoms with Gasteiger partial charge in [-0.1, -0.05) is 20.8 Å². The summed E-state index contributed by atoms with van der Waals surface area (Å²) in [4.78, 5) is 38.6. The van der Waals surface area contributed by atoms with Gasteiger partial charge in [0.05, 0.1) is 18.2 Å². The molecular formula is C24H28N2O5. The van der Waals surface area contributed by atoms with Gasteiger partial charge in [0.25, 0.3) is 0 Å². The van der Waals surface area contributed by atoms with Crippen molar-refractivity contribution in [2.45, 2.75) is 52.4 Å². The maximum Gasteiger partial charge on any atom is 0.340 e. The minimum absolute atomic E-state index is 0.0269. The van der Waals surface area contributed by atoms with E-state index in [1.54, 1.807) is 17.2 Å². The van der Waals surface area contributed by atoms with Crippen molar-refractivity contribution < 1.29 is 18.4 Å². The number of aryl methyl sites for hydroxylation is 1. The van der Waals surface area contributed by atoms with Crippen molar-refractivity contribution >= 4 is 33.8 Å². The van der Waals surface area contributed by atoms with Gasteiger partial charge in [-0.2, -0.15) is 0 Å². The fourth-order valence-corrected chi connectivity index (χ4v) is 4.37. The molecule has 4 rings (SSSR count). The molecule has 0 saturated carbocycles. The first-order chi connectivity index (χ1) is 14.6. The van der Waals surface area contributed by atoms with Crippen LogP contribution in [0.25, 0.3) is 21.9 Å². The van der Waals surface area contributed by atoms with E-state index in [9.17, 15) is 14.4 Å². The molecule has 0 aliphatic carbocycles. The highest BCUT2D eigenvalue weighted by atomic mass is 16.4. The Hall–Kier alpha value is -3.09. The zero-order chi connectivity index (χ0) is 22.5. The number of hydrogen-bond acceptors (Lipinski definition) is 5. The average Bonchev–Trinajstić information content (AvgIpc) is 3.13. The third-order valence-corrected chi connectivity index (χ3v) is 6.37. The van der Waals surface area contributed by atoms with E-state index in [1.165, 1.54) is 0 Å². The van der Waals surface area contributed by atoms with E-state index >= 15 is 0 Å². The van der Waals surface area contributed by atoms with Crippen molar-refractivity contribution in [3.05, 3.63) is 45.5 Å². The number of benzene rings is 1. The minimum Gasteiger partial charge on any atom is -0.464 e. The second-order valence-electron chi connectivity index (χ2n) is 9.47. The van der Waals surface area contributed by atoms with Crippen LogP contribution >= 0.6 is 0 Å². The smallest absolute Gasteiger partial charge is 0.340 e. The van der Waals surface area contributed by atoms with E-state index in [2.05, 4.69) is 20.8 Å². The number of nitrogens with two attached hydrogens (primary N) is 1. The van der Waals surface area contributed by atoms with Crippen LogP contribution in [0.5, 0.6) is 0 Å². The molecule has 0 bridgehead atoms. The summed E-state index contributed by atoms with van der Waals surface area (Å²) in [6.45, 7) is 9.13. The maximum atomic E-state index is 12.9. The number of hydrogen-bond donors (Lipinski definition) is 1. The van der Waals surface area contributed by atoms with Gasteiger partial charge in [-0.25, -0.2) is 4.79 Å². The molecule has 1 aromatic carbocycles. The van der Waals surface area contributed by atoms with Crippen LogP contribution in [0.4, 0.5) is 0 Å². The Balaban J connectivity index is 1.68. The van der Waals surface area contributed by atoms with E-state index in [0.717, 1.165) is 21.9 Å². The second-order valence-corrected chi connectivity index (χ2v) is 9.47. The highest BCUT2D eigenvalue weighted by Crippen LogP contribution is 2.35. The van der Waals surface area contributed by atoms with Gasteiger partial charge in [0.2, 0.25) is 11.8 Å². The molecular weight excluding hydrogens is 396 g/mol. The summed E-state index contributed by atoms with van der Waals surface area (Å²) in [6, 6.07) is 3.73. The van der Waals surface area contributed by atoms with Crippen molar-refractivity contribution in [3.8, 4) is 0 Å². The number of carbonyl (C=O) groups is 2. The number of rotatable bonds is 3. The molecule has 2 N–H and O–H groups in total. The number of piperidine rings is 1. The highest BCUT2D eigenvalue weighted by molar-refractivity contribution is 5.97. The summed E-state index contributed by atoms with van der Waals surface area (Å²) in [5, 5.41) is 1.77. The van der Waals surface area contributed by atoms with Gasteiger partial charge in [0.1, 0.15) is 11.2 Å². The molecule has 1 saturated heterocycles. The first-order valence-corrected chi connectivity index (χ1v) is 10.6. The van der Waals surface area contributed by atoms with Crippen LogP contribution in [-0.4, -0.2) is 29.8 Å². The molecule has 0 radical (unpaired) electrons. The number of primary amides is 1. The number of nitrogens with zero attached hydrogens (tertiary/aromatic N) is 1. The quantitative estimate of drug-likeness (QED) is 0.649. The summed E-state index contributed by atoms with van der Waals surface area (Å²) < 4.78 is 11.3. The molecule has 7 heteroatoms. The Morgan fingerprint density at radius 3 is 2.42 bits per heavy atom. The first kappa shape index (κ1) is 21.2. The van der Waals surface area contributed by atoms with Crippen LogP contribution in [0.3, 0.4) is 0 Å². The minimum atomic E-state index is -0.507. The zero-order valence-corrected chi connectivity index (χ0v) is 18.4. The summed E-state index contributed by atoms with van der Waals surface area (Å²) in [5.41, 5.74) is 8.07. The van der Waals surface area contributed by atoms with E-state index < -0.39 is 5.63 Å². The number of fused-ring (bicyclic) bond motifs is 2. The van der Waals surface area contributed by atoms with Crippen molar-refractivity contribution in [2.75, 3.05) is 13.1 Å². The molecule has 2 amide bonds. The summed E-state index contributed by atoms with van der Waals surface area (Å²) in [7, 11) is 0. The molecule has 31 heavy (non-hydrogen) atoms. The first-order valence-electron chi connectivity index (χ1n) is 10.6. The fourth-order valence-electron chi connectivity index (χ4n) is 4.37. The Labute approximate surface area is 180 Å². The maximum absolute atomic E-state index is 12.9. The van der Waals surface area contributed by atoms with Gasteiger partial charge < -0.3 is 19.5 Å². The molecule has 1 fully saturated rings. The van der Waals surface area contributed by atoms with Crippen LogP contribution in [0, 0.1) is 12.8 Å². The van der Waals surface area contributed by atoms with Crippen molar-refractivity contribution in [2.24, 2.45) is 11.7 Å². The Bertz CT molecular complexity index is 1240. The van der Waals surface area contributed by atoms with Crippen LogP contribution in [0.1, 0.15) is 50.3 Å². The van der Waals surface area contributed by atoms with Gasteiger partial charge in [0, 0.05) is 41.4 Å². The molecule has 0 atom stereocenters. The van der Waals surface area contributed by atoms with Crippen LogP contribution < -0.4 is 11.4 Å². The zero-order valence-electron chi connectivity index (χ0n) is 18.4. The topological polar surface area (TPSA) is 107 Å². The average molecular weight is 424 g/mol. The number of likely N-dealkylation sites (tertiary alicyclic amines) is 1. The molecule has 7 nitrogen and oxygen atoms in total. The van der Waals surface area contributed by atoms with Crippen molar-refractivity contribution in [3.63, 3.8) is 0 Å². The van der Waals surface area contributed by atoms with Crippen LogP contribution in [0.15, 0.2) is 32.0 Å². The van der Waals surface area contributed by atoms with E-state index in [4.69, 9.17) is 14.6 Å².